The van der Waals surface area contributed by atoms with Gasteiger partial charge in [0.05, 0.1) is 15.8 Å². The summed E-state index contributed by atoms with van der Waals surface area (Å²) in [7, 11) is 0. The van der Waals surface area contributed by atoms with Crippen molar-refractivity contribution in [3.8, 4) is 0 Å². The minimum Gasteiger partial charge on any atom is -0.353 e. The first kappa shape index (κ1) is 14.0. The molecule has 1 aromatic carbocycles. The second-order valence-electron chi connectivity index (χ2n) is 5.83. The maximum absolute atomic E-state index is 6.22. The van der Waals surface area contributed by atoms with Crippen molar-refractivity contribution in [2.75, 3.05) is 12.4 Å². The van der Waals surface area contributed by atoms with Crippen molar-refractivity contribution in [2.45, 2.75) is 48.3 Å². The zero-order chi connectivity index (χ0) is 14.1. The fourth-order valence-corrected chi connectivity index (χ4v) is 4.91. The molecular formula is C16H19NO2S2. The second-order valence-corrected chi connectivity index (χ2v) is 8.09. The molecule has 1 aliphatic heterocycles. The van der Waals surface area contributed by atoms with Gasteiger partial charge in [-0.05, 0) is 44.2 Å². The Balaban J connectivity index is 1.37. The molecule has 4 rings (SSSR count). The Morgan fingerprint density at radius 1 is 1.33 bits per heavy atom. The average molecular weight is 321 g/mol. The van der Waals surface area contributed by atoms with Crippen LogP contribution in [0.4, 0.5) is 0 Å². The lowest BCUT2D eigenvalue weighted by atomic mass is 10.2. The van der Waals surface area contributed by atoms with Crippen LogP contribution in [0.1, 0.15) is 32.1 Å². The number of hydrogen-bond donors (Lipinski definition) is 0. The van der Waals surface area contributed by atoms with Crippen LogP contribution in [0.15, 0.2) is 28.6 Å². The largest absolute Gasteiger partial charge is 0.353 e. The van der Waals surface area contributed by atoms with E-state index < -0.39 is 0 Å². The summed E-state index contributed by atoms with van der Waals surface area (Å²) in [5, 5.41) is 0. The second kappa shape index (κ2) is 5.88. The van der Waals surface area contributed by atoms with Gasteiger partial charge in [0, 0.05) is 12.4 Å². The monoisotopic (exact) mass is 321 g/mol. The third-order valence-corrected chi connectivity index (χ3v) is 6.50. The number of hydrogen-bond acceptors (Lipinski definition) is 5. The Kier molecular flexibility index (Phi) is 3.92. The fraction of sp³-hybridized carbons (Fsp3) is 0.562. The van der Waals surface area contributed by atoms with Crippen molar-refractivity contribution in [1.29, 1.82) is 0 Å². The topological polar surface area (TPSA) is 31.4 Å². The van der Waals surface area contributed by atoms with Gasteiger partial charge in [-0.25, -0.2) is 4.98 Å². The van der Waals surface area contributed by atoms with Crippen LogP contribution in [0.2, 0.25) is 0 Å². The molecular weight excluding hydrogens is 302 g/mol. The molecule has 0 bridgehead atoms. The lowest BCUT2D eigenvalue weighted by molar-refractivity contribution is -0.191. The summed E-state index contributed by atoms with van der Waals surface area (Å²) in [4.78, 5) is 4.69. The maximum atomic E-state index is 6.22. The lowest BCUT2D eigenvalue weighted by Crippen LogP contribution is -2.30. The fourth-order valence-electron chi connectivity index (χ4n) is 2.62. The molecule has 0 amide bonds. The van der Waals surface area contributed by atoms with Crippen LogP contribution in [0.5, 0.6) is 0 Å². The van der Waals surface area contributed by atoms with Gasteiger partial charge in [-0.2, -0.15) is 0 Å². The highest BCUT2D eigenvalue weighted by Crippen LogP contribution is 2.46. The minimum atomic E-state index is 0.0252. The summed E-state index contributed by atoms with van der Waals surface area (Å²) in [5.74, 6) is 0.993. The zero-order valence-corrected chi connectivity index (χ0v) is 13.5. The molecule has 1 saturated carbocycles. The molecule has 0 spiro atoms. The molecule has 1 atom stereocenters. The highest BCUT2D eigenvalue weighted by molar-refractivity contribution is 8.01. The van der Waals surface area contributed by atoms with Crippen molar-refractivity contribution >= 4 is 33.3 Å². The number of nitrogens with zero attached hydrogens (tertiary/aromatic N) is 1. The standard InChI is InChI=1S/C16H19NO2S2/c1-2-6-13-12(5-1)17-15(21-13)20-11-16(8-9-16)19-14-7-3-4-10-18-14/h1-2,5-6,14H,3-4,7-11H2/t14-/m1/s1. The van der Waals surface area contributed by atoms with Crippen LogP contribution >= 0.6 is 23.1 Å². The first-order valence-corrected chi connectivity index (χ1v) is 9.41. The normalized spacial score (nSPS) is 24.3. The van der Waals surface area contributed by atoms with Crippen LogP contribution < -0.4 is 0 Å². The zero-order valence-electron chi connectivity index (χ0n) is 11.9. The first-order chi connectivity index (χ1) is 10.3. The Morgan fingerprint density at radius 3 is 3.00 bits per heavy atom. The average Bonchev–Trinajstić information content (AvgIpc) is 3.15. The van der Waals surface area contributed by atoms with Crippen molar-refractivity contribution in [3.63, 3.8) is 0 Å². The molecule has 1 aromatic heterocycles. The molecule has 1 saturated heterocycles. The summed E-state index contributed by atoms with van der Waals surface area (Å²) >= 11 is 3.61. The molecule has 5 heteroatoms. The van der Waals surface area contributed by atoms with Gasteiger partial charge in [0.2, 0.25) is 0 Å². The van der Waals surface area contributed by atoms with Gasteiger partial charge in [0.1, 0.15) is 0 Å². The van der Waals surface area contributed by atoms with Crippen LogP contribution in [0.3, 0.4) is 0 Å². The molecule has 2 aliphatic rings. The Morgan fingerprint density at radius 2 is 2.24 bits per heavy atom. The smallest absolute Gasteiger partial charge is 0.158 e. The van der Waals surface area contributed by atoms with E-state index in [4.69, 9.17) is 9.47 Å². The third-order valence-electron chi connectivity index (χ3n) is 4.06. The van der Waals surface area contributed by atoms with E-state index in [1.54, 1.807) is 11.3 Å². The van der Waals surface area contributed by atoms with Crippen LogP contribution in [0.25, 0.3) is 10.2 Å². The summed E-state index contributed by atoms with van der Waals surface area (Å²) in [6.45, 7) is 0.853. The van der Waals surface area contributed by atoms with Gasteiger partial charge in [-0.1, -0.05) is 23.9 Å². The number of fused-ring (bicyclic) bond motifs is 1. The quantitative estimate of drug-likeness (QED) is 0.761. The van der Waals surface area contributed by atoms with Crippen molar-refractivity contribution in [3.05, 3.63) is 24.3 Å². The van der Waals surface area contributed by atoms with Gasteiger partial charge in [0.25, 0.3) is 0 Å². The lowest BCUT2D eigenvalue weighted by Gasteiger charge is -2.27. The molecule has 0 N–H and O–H groups in total. The summed E-state index contributed by atoms with van der Waals surface area (Å²) in [6.07, 6.45) is 5.79. The van der Waals surface area contributed by atoms with E-state index in [2.05, 4.69) is 23.2 Å². The number of aromatic nitrogens is 1. The van der Waals surface area contributed by atoms with E-state index in [-0.39, 0.29) is 11.9 Å². The van der Waals surface area contributed by atoms with E-state index in [1.807, 2.05) is 17.8 Å². The minimum absolute atomic E-state index is 0.0252. The van der Waals surface area contributed by atoms with E-state index in [0.717, 1.165) is 41.5 Å². The maximum Gasteiger partial charge on any atom is 0.158 e. The molecule has 112 valence electrons. The highest BCUT2D eigenvalue weighted by Gasteiger charge is 2.46. The predicted molar refractivity (Wildman–Crippen MR) is 87.0 cm³/mol. The number of benzene rings is 1. The molecule has 1 aliphatic carbocycles. The van der Waals surface area contributed by atoms with E-state index in [1.165, 1.54) is 17.5 Å². The number of thiazole rings is 1. The van der Waals surface area contributed by atoms with Crippen LogP contribution in [-0.4, -0.2) is 29.2 Å². The Labute approximate surface area is 133 Å². The number of rotatable bonds is 5. The summed E-state index contributed by atoms with van der Waals surface area (Å²) in [6, 6.07) is 8.33. The van der Waals surface area contributed by atoms with Crippen molar-refractivity contribution < 1.29 is 9.47 Å². The Bertz CT molecular complexity index is 585. The highest BCUT2D eigenvalue weighted by atomic mass is 32.2. The van der Waals surface area contributed by atoms with Crippen LogP contribution in [0, 0.1) is 0 Å². The Hall–Kier alpha value is -0.620. The third kappa shape index (κ3) is 3.26. The van der Waals surface area contributed by atoms with E-state index >= 15 is 0 Å². The number of ether oxygens (including phenoxy) is 2. The molecule has 3 nitrogen and oxygen atoms in total. The molecule has 2 fully saturated rings. The number of thioether (sulfide) groups is 1. The predicted octanol–water partition coefficient (Wildman–Crippen LogP) is 4.46. The van der Waals surface area contributed by atoms with Gasteiger partial charge >= 0.3 is 0 Å². The van der Waals surface area contributed by atoms with E-state index in [9.17, 15) is 0 Å². The first-order valence-electron chi connectivity index (χ1n) is 7.61. The van der Waals surface area contributed by atoms with Crippen molar-refractivity contribution in [1.82, 2.24) is 4.98 Å². The molecule has 21 heavy (non-hydrogen) atoms. The summed E-state index contributed by atoms with van der Waals surface area (Å²) in [5.41, 5.74) is 1.15. The molecule has 0 unspecified atom stereocenters. The number of para-hydroxylation sites is 1. The van der Waals surface area contributed by atoms with Gasteiger partial charge in [-0.15, -0.1) is 11.3 Å². The summed E-state index contributed by atoms with van der Waals surface area (Å²) < 4.78 is 14.3. The van der Waals surface area contributed by atoms with Crippen molar-refractivity contribution in [2.24, 2.45) is 0 Å². The molecule has 0 radical (unpaired) electrons. The van der Waals surface area contributed by atoms with Gasteiger partial charge in [-0.3, -0.25) is 0 Å². The molecule has 2 heterocycles. The molecule has 2 aromatic rings. The van der Waals surface area contributed by atoms with Crippen LogP contribution in [-0.2, 0) is 9.47 Å². The SMILES string of the molecule is c1ccc2sc(SCC3(O[C@@H]4CCCCO4)CC3)nc2c1. The van der Waals surface area contributed by atoms with Gasteiger partial charge in [0.15, 0.2) is 10.6 Å². The van der Waals surface area contributed by atoms with Gasteiger partial charge < -0.3 is 9.47 Å². The van der Waals surface area contributed by atoms with E-state index in [0.29, 0.717) is 0 Å².